The van der Waals surface area contributed by atoms with Gasteiger partial charge in [-0.1, -0.05) is 18.2 Å². The molecule has 0 atom stereocenters. The maximum atomic E-state index is 12.5. The minimum atomic E-state index is -0.879. The van der Waals surface area contributed by atoms with E-state index in [4.69, 9.17) is 14.9 Å². The Hall–Kier alpha value is -4.44. The standard InChI is InChI=1S/C26H23N3O6S/c1-16-11-24(31)35-22-12-19(8-9-21(16)22)34-15-17-4-6-18(7-5-17)25(32)28-13-23(30)29(26(27)33)14-20-3-2-10-36-20/h2-12H,13-15H2,1H3,(H2,27,33)(H,28,32). The van der Waals surface area contributed by atoms with Crippen LogP contribution in [0.4, 0.5) is 4.79 Å². The molecule has 0 saturated heterocycles. The molecule has 2 aromatic carbocycles. The molecule has 0 aliphatic heterocycles. The van der Waals surface area contributed by atoms with Gasteiger partial charge in [-0.3, -0.25) is 14.5 Å². The predicted molar refractivity (Wildman–Crippen MR) is 135 cm³/mol. The minimum Gasteiger partial charge on any atom is -0.489 e. The number of imide groups is 1. The summed E-state index contributed by atoms with van der Waals surface area (Å²) in [5.41, 5.74) is 7.34. The molecule has 9 nitrogen and oxygen atoms in total. The van der Waals surface area contributed by atoms with Crippen molar-refractivity contribution in [1.82, 2.24) is 10.2 Å². The van der Waals surface area contributed by atoms with Crippen molar-refractivity contribution in [2.24, 2.45) is 5.73 Å². The van der Waals surface area contributed by atoms with Gasteiger partial charge in [0.2, 0.25) is 5.91 Å². The fourth-order valence-corrected chi connectivity index (χ4v) is 4.21. The predicted octanol–water partition coefficient (Wildman–Crippen LogP) is 3.58. The molecule has 2 heterocycles. The van der Waals surface area contributed by atoms with Gasteiger partial charge in [-0.25, -0.2) is 9.59 Å². The second-order valence-corrected chi connectivity index (χ2v) is 9.00. The maximum Gasteiger partial charge on any atom is 0.336 e. The summed E-state index contributed by atoms with van der Waals surface area (Å²) < 4.78 is 11.0. The molecule has 0 radical (unpaired) electrons. The summed E-state index contributed by atoms with van der Waals surface area (Å²) in [6.07, 6.45) is 0. The smallest absolute Gasteiger partial charge is 0.336 e. The summed E-state index contributed by atoms with van der Waals surface area (Å²) in [6, 6.07) is 16.1. The highest BCUT2D eigenvalue weighted by Crippen LogP contribution is 2.23. The summed E-state index contributed by atoms with van der Waals surface area (Å²) in [5.74, 6) is -0.523. The Kier molecular flexibility index (Phi) is 7.45. The molecule has 4 amide bonds. The Morgan fingerprint density at radius 1 is 1.08 bits per heavy atom. The molecule has 10 heteroatoms. The summed E-state index contributed by atoms with van der Waals surface area (Å²) in [7, 11) is 0. The van der Waals surface area contributed by atoms with Crippen molar-refractivity contribution in [2.75, 3.05) is 6.54 Å². The Labute approximate surface area is 210 Å². The molecule has 4 aromatic rings. The molecule has 0 aliphatic rings. The van der Waals surface area contributed by atoms with Gasteiger partial charge in [0.25, 0.3) is 5.91 Å². The van der Waals surface area contributed by atoms with Crippen LogP contribution in [0.3, 0.4) is 0 Å². The zero-order chi connectivity index (χ0) is 25.7. The number of benzene rings is 2. The third kappa shape index (κ3) is 5.97. The lowest BCUT2D eigenvalue weighted by Gasteiger charge is -2.18. The van der Waals surface area contributed by atoms with Crippen LogP contribution in [0.15, 0.2) is 75.3 Å². The van der Waals surface area contributed by atoms with Crippen LogP contribution in [-0.4, -0.2) is 29.3 Å². The second kappa shape index (κ2) is 10.9. The fourth-order valence-electron chi connectivity index (χ4n) is 3.51. The minimum absolute atomic E-state index is 0.0549. The number of rotatable bonds is 8. The van der Waals surface area contributed by atoms with Crippen molar-refractivity contribution < 1.29 is 23.5 Å². The van der Waals surface area contributed by atoms with Crippen LogP contribution >= 0.6 is 11.3 Å². The number of amides is 4. The first-order valence-electron chi connectivity index (χ1n) is 11.0. The van der Waals surface area contributed by atoms with Crippen molar-refractivity contribution in [2.45, 2.75) is 20.1 Å². The number of nitrogens with zero attached hydrogens (tertiary/aromatic N) is 1. The van der Waals surface area contributed by atoms with Crippen molar-refractivity contribution in [3.63, 3.8) is 0 Å². The molecular weight excluding hydrogens is 482 g/mol. The van der Waals surface area contributed by atoms with Crippen molar-refractivity contribution in [3.8, 4) is 5.75 Å². The van der Waals surface area contributed by atoms with Gasteiger partial charge in [0.05, 0.1) is 13.1 Å². The summed E-state index contributed by atoms with van der Waals surface area (Å²) in [4.78, 5) is 49.9. The normalized spacial score (nSPS) is 10.7. The molecular formula is C26H23N3O6S. The van der Waals surface area contributed by atoms with E-state index in [1.165, 1.54) is 17.4 Å². The van der Waals surface area contributed by atoms with Crippen LogP contribution in [0, 0.1) is 6.92 Å². The van der Waals surface area contributed by atoms with Gasteiger partial charge >= 0.3 is 11.7 Å². The molecule has 36 heavy (non-hydrogen) atoms. The zero-order valence-electron chi connectivity index (χ0n) is 19.4. The highest BCUT2D eigenvalue weighted by atomic mass is 32.1. The van der Waals surface area contributed by atoms with Crippen LogP contribution < -0.4 is 21.4 Å². The first-order chi connectivity index (χ1) is 17.3. The van der Waals surface area contributed by atoms with Crippen LogP contribution in [0.5, 0.6) is 5.75 Å². The lowest BCUT2D eigenvalue weighted by molar-refractivity contribution is -0.127. The molecule has 0 unspecified atom stereocenters. The molecule has 0 spiro atoms. The Morgan fingerprint density at radius 2 is 1.86 bits per heavy atom. The zero-order valence-corrected chi connectivity index (χ0v) is 20.2. The first kappa shape index (κ1) is 24.7. The number of hydrogen-bond acceptors (Lipinski definition) is 7. The van der Waals surface area contributed by atoms with Crippen LogP contribution in [-0.2, 0) is 17.9 Å². The Balaban J connectivity index is 1.32. The van der Waals surface area contributed by atoms with E-state index in [-0.39, 0.29) is 19.7 Å². The molecule has 3 N–H and O–H groups in total. The van der Waals surface area contributed by atoms with E-state index in [1.54, 1.807) is 42.5 Å². The lowest BCUT2D eigenvalue weighted by Crippen LogP contribution is -2.45. The average molecular weight is 506 g/mol. The number of nitrogens with one attached hydrogen (secondary N) is 1. The number of hydrogen-bond donors (Lipinski definition) is 2. The first-order valence-corrected chi connectivity index (χ1v) is 11.8. The van der Waals surface area contributed by atoms with E-state index in [0.29, 0.717) is 16.9 Å². The number of urea groups is 1. The number of carbonyl (C=O) groups excluding carboxylic acids is 3. The maximum absolute atomic E-state index is 12.5. The van der Waals surface area contributed by atoms with Crippen molar-refractivity contribution in [1.29, 1.82) is 0 Å². The van der Waals surface area contributed by atoms with Crippen LogP contribution in [0.1, 0.15) is 26.4 Å². The molecule has 0 bridgehead atoms. The second-order valence-electron chi connectivity index (χ2n) is 7.97. The summed E-state index contributed by atoms with van der Waals surface area (Å²) >= 11 is 1.40. The number of thiophene rings is 1. The number of carbonyl (C=O) groups is 3. The van der Waals surface area contributed by atoms with E-state index < -0.39 is 23.5 Å². The Morgan fingerprint density at radius 3 is 2.56 bits per heavy atom. The van der Waals surface area contributed by atoms with Gasteiger partial charge < -0.3 is 20.2 Å². The van der Waals surface area contributed by atoms with Gasteiger partial charge in [0.15, 0.2) is 0 Å². The average Bonchev–Trinajstić information content (AvgIpc) is 3.37. The number of aryl methyl sites for hydroxylation is 1. The monoisotopic (exact) mass is 505 g/mol. The van der Waals surface area contributed by atoms with Gasteiger partial charge in [0, 0.05) is 28.0 Å². The van der Waals surface area contributed by atoms with Gasteiger partial charge in [0.1, 0.15) is 17.9 Å². The van der Waals surface area contributed by atoms with Gasteiger partial charge in [-0.05, 0) is 53.8 Å². The summed E-state index contributed by atoms with van der Waals surface area (Å²) in [5, 5.41) is 5.18. The largest absolute Gasteiger partial charge is 0.489 e. The van der Waals surface area contributed by atoms with E-state index in [2.05, 4.69) is 5.32 Å². The number of primary amides is 1. The summed E-state index contributed by atoms with van der Waals surface area (Å²) in [6.45, 7) is 1.76. The third-order valence-electron chi connectivity index (χ3n) is 5.41. The molecule has 2 aromatic heterocycles. The van der Waals surface area contributed by atoms with E-state index in [1.807, 2.05) is 24.4 Å². The fraction of sp³-hybridized carbons (Fsp3) is 0.154. The lowest BCUT2D eigenvalue weighted by atomic mass is 10.1. The van der Waals surface area contributed by atoms with E-state index >= 15 is 0 Å². The van der Waals surface area contributed by atoms with Crippen LogP contribution in [0.2, 0.25) is 0 Å². The highest BCUT2D eigenvalue weighted by molar-refractivity contribution is 7.09. The van der Waals surface area contributed by atoms with Crippen molar-refractivity contribution >= 4 is 40.2 Å². The number of ether oxygens (including phenoxy) is 1. The topological polar surface area (TPSA) is 132 Å². The SMILES string of the molecule is Cc1cc(=O)oc2cc(OCc3ccc(C(=O)NCC(=O)N(Cc4cccs4)C(N)=O)cc3)ccc12. The van der Waals surface area contributed by atoms with Gasteiger partial charge in [-0.15, -0.1) is 11.3 Å². The molecule has 4 rings (SSSR count). The highest BCUT2D eigenvalue weighted by Gasteiger charge is 2.20. The number of nitrogens with two attached hydrogens (primary N) is 1. The van der Waals surface area contributed by atoms with E-state index in [0.717, 1.165) is 26.3 Å². The van der Waals surface area contributed by atoms with Crippen LogP contribution in [0.25, 0.3) is 11.0 Å². The quantitative estimate of drug-likeness (QED) is 0.352. The molecule has 0 aliphatic carbocycles. The van der Waals surface area contributed by atoms with Crippen molar-refractivity contribution in [3.05, 3.63) is 98.0 Å². The molecule has 0 fully saturated rings. The Bertz CT molecular complexity index is 1460. The third-order valence-corrected chi connectivity index (χ3v) is 6.27. The number of fused-ring (bicyclic) bond motifs is 1. The molecule has 184 valence electrons. The van der Waals surface area contributed by atoms with E-state index in [9.17, 15) is 19.2 Å². The molecule has 0 saturated carbocycles. The van der Waals surface area contributed by atoms with Gasteiger partial charge in [-0.2, -0.15) is 0 Å².